The van der Waals surface area contributed by atoms with E-state index in [0.29, 0.717) is 12.1 Å². The summed E-state index contributed by atoms with van der Waals surface area (Å²) in [6.45, 7) is 3.58. The van der Waals surface area contributed by atoms with E-state index in [9.17, 15) is 0 Å². The van der Waals surface area contributed by atoms with Crippen molar-refractivity contribution in [3.05, 3.63) is 48.0 Å². The summed E-state index contributed by atoms with van der Waals surface area (Å²) in [6, 6.07) is 12.1. The fourth-order valence-corrected chi connectivity index (χ4v) is 3.07. The Morgan fingerprint density at radius 2 is 1.94 bits per heavy atom. The Kier molecular flexibility index (Phi) is 2.56. The molecule has 3 atom stereocenters. The molecular weight excluding hydrogens is 194 g/mol. The van der Waals surface area contributed by atoms with Gasteiger partial charge in [0.25, 0.3) is 0 Å². The SMILES string of the molecule is CC(c1ccccc1)N1CC2C=CC1CC2. The van der Waals surface area contributed by atoms with Gasteiger partial charge in [-0.1, -0.05) is 42.5 Å². The van der Waals surface area contributed by atoms with Crippen molar-refractivity contribution in [1.29, 1.82) is 0 Å². The number of rotatable bonds is 2. The van der Waals surface area contributed by atoms with Crippen molar-refractivity contribution in [1.82, 2.24) is 4.90 Å². The van der Waals surface area contributed by atoms with E-state index in [-0.39, 0.29) is 0 Å². The van der Waals surface area contributed by atoms with Crippen LogP contribution in [0.25, 0.3) is 0 Å². The average molecular weight is 213 g/mol. The summed E-state index contributed by atoms with van der Waals surface area (Å²) in [6.07, 6.45) is 7.57. The van der Waals surface area contributed by atoms with Crippen LogP contribution in [0.15, 0.2) is 42.5 Å². The summed E-state index contributed by atoms with van der Waals surface area (Å²) in [5.41, 5.74) is 1.45. The maximum Gasteiger partial charge on any atom is 0.0326 e. The van der Waals surface area contributed by atoms with Gasteiger partial charge in [-0.25, -0.2) is 0 Å². The Balaban J connectivity index is 1.81. The van der Waals surface area contributed by atoms with Crippen LogP contribution in [0, 0.1) is 5.92 Å². The first-order valence-corrected chi connectivity index (χ1v) is 6.33. The second kappa shape index (κ2) is 4.06. The number of nitrogens with zero attached hydrogens (tertiary/aromatic N) is 1. The van der Waals surface area contributed by atoms with Crippen LogP contribution in [-0.4, -0.2) is 17.5 Å². The molecule has 0 amide bonds. The van der Waals surface area contributed by atoms with Crippen LogP contribution in [-0.2, 0) is 0 Å². The highest BCUT2D eigenvalue weighted by molar-refractivity contribution is 5.20. The Bertz CT molecular complexity index is 382. The van der Waals surface area contributed by atoms with Crippen molar-refractivity contribution in [2.45, 2.75) is 31.8 Å². The molecule has 2 heterocycles. The van der Waals surface area contributed by atoms with Crippen LogP contribution in [0.2, 0.25) is 0 Å². The van der Waals surface area contributed by atoms with E-state index >= 15 is 0 Å². The third kappa shape index (κ3) is 1.69. The molecule has 1 aromatic carbocycles. The Labute approximate surface area is 97.8 Å². The van der Waals surface area contributed by atoms with Gasteiger partial charge in [0.15, 0.2) is 0 Å². The number of fused-ring (bicyclic) bond motifs is 2. The highest BCUT2D eigenvalue weighted by Crippen LogP contribution is 2.35. The first-order valence-electron chi connectivity index (χ1n) is 6.33. The molecule has 84 valence electrons. The van der Waals surface area contributed by atoms with Gasteiger partial charge in [0.2, 0.25) is 0 Å². The second-order valence-electron chi connectivity index (χ2n) is 5.07. The number of benzene rings is 1. The van der Waals surface area contributed by atoms with Crippen molar-refractivity contribution < 1.29 is 0 Å². The molecule has 1 heteroatoms. The summed E-state index contributed by atoms with van der Waals surface area (Å²) < 4.78 is 0. The molecule has 3 unspecified atom stereocenters. The monoisotopic (exact) mass is 213 g/mol. The predicted octanol–water partition coefficient (Wildman–Crippen LogP) is 3.40. The second-order valence-corrected chi connectivity index (χ2v) is 5.07. The lowest BCUT2D eigenvalue weighted by Gasteiger charge is -2.44. The molecular formula is C15H19N. The van der Waals surface area contributed by atoms with Crippen LogP contribution in [0.4, 0.5) is 0 Å². The van der Waals surface area contributed by atoms with E-state index in [4.69, 9.17) is 0 Å². The maximum atomic E-state index is 2.66. The standard InChI is InChI=1S/C15H19N/c1-12(14-5-3-2-4-6-14)16-11-13-7-9-15(16)10-8-13/h2-7,9,12-13,15H,8,10-11H2,1H3. The van der Waals surface area contributed by atoms with Gasteiger partial charge in [-0.15, -0.1) is 0 Å². The quantitative estimate of drug-likeness (QED) is 0.681. The van der Waals surface area contributed by atoms with Crippen LogP contribution in [0.5, 0.6) is 0 Å². The molecule has 2 bridgehead atoms. The van der Waals surface area contributed by atoms with E-state index in [0.717, 1.165) is 5.92 Å². The fraction of sp³-hybridized carbons (Fsp3) is 0.467. The molecule has 0 N–H and O–H groups in total. The maximum absolute atomic E-state index is 2.66. The largest absolute Gasteiger partial charge is 0.290 e. The van der Waals surface area contributed by atoms with E-state index < -0.39 is 0 Å². The zero-order chi connectivity index (χ0) is 11.0. The predicted molar refractivity (Wildman–Crippen MR) is 67.2 cm³/mol. The Morgan fingerprint density at radius 1 is 1.12 bits per heavy atom. The lowest BCUT2D eigenvalue weighted by atomic mass is 9.84. The van der Waals surface area contributed by atoms with Gasteiger partial charge in [-0.3, -0.25) is 4.90 Å². The van der Waals surface area contributed by atoms with Crippen molar-refractivity contribution in [3.8, 4) is 0 Å². The molecule has 0 radical (unpaired) electrons. The van der Waals surface area contributed by atoms with Crippen molar-refractivity contribution >= 4 is 0 Å². The molecule has 3 aliphatic rings. The zero-order valence-electron chi connectivity index (χ0n) is 9.84. The van der Waals surface area contributed by atoms with E-state index in [2.05, 4.69) is 54.3 Å². The summed E-state index contributed by atoms with van der Waals surface area (Å²) in [4.78, 5) is 2.66. The van der Waals surface area contributed by atoms with Crippen LogP contribution >= 0.6 is 0 Å². The summed E-state index contributed by atoms with van der Waals surface area (Å²) in [5.74, 6) is 0.802. The summed E-state index contributed by atoms with van der Waals surface area (Å²) >= 11 is 0. The van der Waals surface area contributed by atoms with Gasteiger partial charge >= 0.3 is 0 Å². The fourth-order valence-electron chi connectivity index (χ4n) is 3.07. The topological polar surface area (TPSA) is 3.24 Å². The van der Waals surface area contributed by atoms with E-state index in [1.807, 2.05) is 0 Å². The first-order chi connectivity index (χ1) is 7.84. The highest BCUT2D eigenvalue weighted by atomic mass is 15.2. The molecule has 4 rings (SSSR count). The average Bonchev–Trinajstić information content (AvgIpc) is 2.40. The van der Waals surface area contributed by atoms with Crippen molar-refractivity contribution in [2.75, 3.05) is 6.54 Å². The van der Waals surface area contributed by atoms with Crippen molar-refractivity contribution in [3.63, 3.8) is 0 Å². The minimum atomic E-state index is 0.555. The third-order valence-electron chi connectivity index (χ3n) is 4.09. The molecule has 0 spiro atoms. The van der Waals surface area contributed by atoms with Gasteiger partial charge in [-0.2, -0.15) is 0 Å². The first kappa shape index (κ1) is 10.1. The lowest BCUT2D eigenvalue weighted by Crippen LogP contribution is -2.46. The molecule has 1 nitrogen and oxygen atoms in total. The third-order valence-corrected chi connectivity index (χ3v) is 4.09. The molecule has 1 aromatic rings. The van der Waals surface area contributed by atoms with Crippen molar-refractivity contribution in [2.24, 2.45) is 5.92 Å². The van der Waals surface area contributed by atoms with Crippen LogP contribution < -0.4 is 0 Å². The minimum Gasteiger partial charge on any atom is -0.290 e. The number of piperidine rings is 1. The Morgan fingerprint density at radius 3 is 2.50 bits per heavy atom. The van der Waals surface area contributed by atoms with Gasteiger partial charge < -0.3 is 0 Å². The van der Waals surface area contributed by atoms with Gasteiger partial charge in [0.1, 0.15) is 0 Å². The zero-order valence-corrected chi connectivity index (χ0v) is 9.84. The van der Waals surface area contributed by atoms with E-state index in [1.54, 1.807) is 0 Å². The van der Waals surface area contributed by atoms with E-state index in [1.165, 1.54) is 24.9 Å². The molecule has 16 heavy (non-hydrogen) atoms. The molecule has 1 aliphatic carbocycles. The molecule has 0 aromatic heterocycles. The molecule has 1 fully saturated rings. The van der Waals surface area contributed by atoms with Gasteiger partial charge in [0, 0.05) is 18.6 Å². The molecule has 0 saturated carbocycles. The van der Waals surface area contributed by atoms with Crippen LogP contribution in [0.3, 0.4) is 0 Å². The van der Waals surface area contributed by atoms with Gasteiger partial charge in [0.05, 0.1) is 0 Å². The van der Waals surface area contributed by atoms with Crippen LogP contribution in [0.1, 0.15) is 31.4 Å². The molecule has 2 aliphatic heterocycles. The Hall–Kier alpha value is -1.08. The lowest BCUT2D eigenvalue weighted by molar-refractivity contribution is 0.0953. The highest BCUT2D eigenvalue weighted by Gasteiger charge is 2.32. The number of hydrogen-bond donors (Lipinski definition) is 0. The summed E-state index contributed by atoms with van der Waals surface area (Å²) in [5, 5.41) is 0. The number of hydrogen-bond acceptors (Lipinski definition) is 1. The van der Waals surface area contributed by atoms with Gasteiger partial charge in [-0.05, 0) is 31.2 Å². The smallest absolute Gasteiger partial charge is 0.0326 e. The summed E-state index contributed by atoms with van der Waals surface area (Å²) in [7, 11) is 0. The molecule has 1 saturated heterocycles. The minimum absolute atomic E-state index is 0.555. The normalized spacial score (nSPS) is 30.6.